The summed E-state index contributed by atoms with van der Waals surface area (Å²) in [5.41, 5.74) is -4.40. The number of unbranched alkanes of at least 4 members (excludes halogenated alkanes) is 1. The normalized spacial score (nSPS) is 43.0. The second kappa shape index (κ2) is 22.8. The van der Waals surface area contributed by atoms with Crippen molar-refractivity contribution in [3.8, 4) is 5.75 Å². The quantitative estimate of drug-likeness (QED) is 0.0994. The number of hydrogen-bond donors (Lipinski definition) is 5. The Morgan fingerprint density at radius 2 is 1.52 bits per heavy atom. The van der Waals surface area contributed by atoms with E-state index in [-0.39, 0.29) is 38.0 Å². The van der Waals surface area contributed by atoms with Gasteiger partial charge in [0.1, 0.15) is 36.3 Å². The van der Waals surface area contributed by atoms with Crippen molar-refractivity contribution in [3.63, 3.8) is 0 Å². The van der Waals surface area contributed by atoms with E-state index >= 15 is 0 Å². The van der Waals surface area contributed by atoms with Crippen molar-refractivity contribution in [1.82, 2.24) is 4.90 Å². The molecule has 3 heterocycles. The van der Waals surface area contributed by atoms with Crippen LogP contribution in [-0.2, 0) is 38.1 Å². The van der Waals surface area contributed by atoms with Crippen LogP contribution in [0.1, 0.15) is 108 Å². The summed E-state index contributed by atoms with van der Waals surface area (Å²) in [6.45, 7) is 17.9. The van der Waals surface area contributed by atoms with Crippen LogP contribution in [0.5, 0.6) is 5.75 Å². The lowest BCUT2D eigenvalue weighted by atomic mass is 9.73. The van der Waals surface area contributed by atoms with Gasteiger partial charge >= 0.3 is 5.97 Å². The maximum absolute atomic E-state index is 14.4. The molecule has 0 unspecified atom stereocenters. The molecule has 1 aromatic rings. The highest BCUT2D eigenvalue weighted by atomic mass is 16.7. The minimum atomic E-state index is -1.95. The summed E-state index contributed by atoms with van der Waals surface area (Å²) in [6, 6.07) is 9.20. The highest BCUT2D eigenvalue weighted by Gasteiger charge is 2.53. The van der Waals surface area contributed by atoms with Crippen LogP contribution >= 0.6 is 0 Å². The molecule has 0 aliphatic carbocycles. The van der Waals surface area contributed by atoms with Crippen LogP contribution < -0.4 is 4.74 Å². The molecule has 4 rings (SSSR count). The number of benzene rings is 1. The molecule has 0 radical (unpaired) electrons. The summed E-state index contributed by atoms with van der Waals surface area (Å²) in [7, 11) is 5.24. The van der Waals surface area contributed by atoms with Gasteiger partial charge in [-0.3, -0.25) is 4.79 Å². The summed E-state index contributed by atoms with van der Waals surface area (Å²) >= 11 is 0. The number of cyclic esters (lactones) is 1. The lowest BCUT2D eigenvalue weighted by molar-refractivity contribution is -0.317. The molecule has 16 nitrogen and oxygen atoms in total. The highest BCUT2D eigenvalue weighted by Crippen LogP contribution is 2.41. The number of para-hydroxylation sites is 1. The molecule has 16 heteroatoms. The Labute approximate surface area is 375 Å². The van der Waals surface area contributed by atoms with Gasteiger partial charge in [0.25, 0.3) is 0 Å². The minimum absolute atomic E-state index is 0.00253. The molecule has 5 N–H and O–H groups in total. The molecule has 1 aromatic carbocycles. The number of rotatable bonds is 14. The van der Waals surface area contributed by atoms with E-state index in [2.05, 4.69) is 5.16 Å². The van der Waals surface area contributed by atoms with Gasteiger partial charge in [-0.1, -0.05) is 51.0 Å². The van der Waals surface area contributed by atoms with Gasteiger partial charge in [-0.05, 0) is 99.9 Å². The lowest BCUT2D eigenvalue weighted by Crippen LogP contribution is -2.61. The molecular weight excluding hydrogens is 817 g/mol. The third kappa shape index (κ3) is 13.1. The third-order valence-corrected chi connectivity index (χ3v) is 13.7. The lowest BCUT2D eigenvalue weighted by Gasteiger charge is -2.49. The van der Waals surface area contributed by atoms with Gasteiger partial charge in [0.15, 0.2) is 12.6 Å². The van der Waals surface area contributed by atoms with E-state index in [1.165, 1.54) is 14.0 Å². The zero-order valence-electron chi connectivity index (χ0n) is 40.0. The van der Waals surface area contributed by atoms with Crippen LogP contribution in [0, 0.1) is 23.7 Å². The molecule has 0 aromatic heterocycles. The van der Waals surface area contributed by atoms with Gasteiger partial charge in [0, 0.05) is 37.3 Å². The molecule has 3 fully saturated rings. The molecular formula is C47H80N2O14. The topological polar surface area (TPSA) is 208 Å². The molecule has 18 atom stereocenters. The first-order valence-electron chi connectivity index (χ1n) is 22.9. The molecule has 0 amide bonds. The van der Waals surface area contributed by atoms with Crippen LogP contribution in [0.15, 0.2) is 35.5 Å². The fraction of sp³-hybridized carbons (Fsp3) is 0.830. The van der Waals surface area contributed by atoms with Crippen LogP contribution in [-0.4, -0.2) is 161 Å². The summed E-state index contributed by atoms with van der Waals surface area (Å²) < 4.78 is 43.7. The van der Waals surface area contributed by atoms with Crippen molar-refractivity contribution >= 4 is 11.7 Å². The van der Waals surface area contributed by atoms with Crippen molar-refractivity contribution in [2.24, 2.45) is 28.8 Å². The van der Waals surface area contributed by atoms with Crippen molar-refractivity contribution < 1.29 is 68.3 Å². The predicted octanol–water partition coefficient (Wildman–Crippen LogP) is 4.45. The Morgan fingerprint density at radius 3 is 2.14 bits per heavy atom. The first-order chi connectivity index (χ1) is 29.5. The third-order valence-electron chi connectivity index (χ3n) is 13.7. The van der Waals surface area contributed by atoms with E-state index in [0.29, 0.717) is 31.6 Å². The van der Waals surface area contributed by atoms with E-state index in [1.807, 2.05) is 63.2 Å². The molecule has 362 valence electrons. The number of ether oxygens (including phenoxy) is 7. The molecule has 63 heavy (non-hydrogen) atoms. The second-order valence-electron chi connectivity index (χ2n) is 19.3. The molecule has 3 aliphatic rings. The smallest absolute Gasteiger partial charge is 0.311 e. The standard InChI is InChI=1S/C47H80N2O14/c1-14-35-47(10,55)40(51)29(4)37(48-58-23-19-18-22-57-33-20-16-15-17-21-33)27(2)25-45(8,54)42(63-44-38(50)34(49(11)12)24-28(3)59-44)30(5)39(31(6)43(53)61-35)62-36-26-46(9,56-13)41(52)32(7)60-36/h15-17,20-21,27-32,34-36,38-42,44,50-52,54-55H,14,18-19,22-26H2,1-13H3/b48-37-/t27-,28-,29-,30+,31-,32+,34+,35+,36+,38-,39+,40-,41+,42-,44+,45+,46-,47-/m1/s1. The van der Waals surface area contributed by atoms with E-state index < -0.39 is 102 Å². The number of aliphatic hydroxyl groups excluding tert-OH is 3. The van der Waals surface area contributed by atoms with Crippen molar-refractivity contribution in [2.75, 3.05) is 34.4 Å². The Morgan fingerprint density at radius 1 is 0.873 bits per heavy atom. The van der Waals surface area contributed by atoms with Gasteiger partial charge in [0.05, 0.1) is 60.0 Å². The van der Waals surface area contributed by atoms with Crippen molar-refractivity contribution in [2.45, 2.75) is 192 Å². The first kappa shape index (κ1) is 53.1. The molecule has 3 aliphatic heterocycles. The average Bonchev–Trinajstić information content (AvgIpc) is 3.23. The van der Waals surface area contributed by atoms with Crippen LogP contribution in [0.2, 0.25) is 0 Å². The first-order valence-corrected chi connectivity index (χ1v) is 22.9. The molecule has 0 spiro atoms. The summed E-state index contributed by atoms with van der Waals surface area (Å²) in [5.74, 6) is -3.27. The Kier molecular flexibility index (Phi) is 19.2. The number of carbonyl (C=O) groups excluding carboxylic acids is 1. The number of hydrogen-bond acceptors (Lipinski definition) is 16. The van der Waals surface area contributed by atoms with E-state index in [1.54, 1.807) is 48.5 Å². The fourth-order valence-corrected chi connectivity index (χ4v) is 9.69. The maximum atomic E-state index is 14.4. The maximum Gasteiger partial charge on any atom is 0.311 e. The van der Waals surface area contributed by atoms with Gasteiger partial charge in [-0.15, -0.1) is 0 Å². The zero-order valence-corrected chi connectivity index (χ0v) is 40.0. The number of oxime groups is 1. The van der Waals surface area contributed by atoms with Gasteiger partial charge in [-0.25, -0.2) is 0 Å². The number of carbonyl (C=O) groups is 1. The number of aliphatic hydroxyl groups is 5. The largest absolute Gasteiger partial charge is 0.494 e. The Bertz CT molecular complexity index is 1580. The summed E-state index contributed by atoms with van der Waals surface area (Å²) in [4.78, 5) is 22.2. The van der Waals surface area contributed by atoms with Crippen LogP contribution in [0.25, 0.3) is 0 Å². The van der Waals surface area contributed by atoms with Crippen LogP contribution in [0.3, 0.4) is 0 Å². The predicted molar refractivity (Wildman–Crippen MR) is 236 cm³/mol. The second-order valence-corrected chi connectivity index (χ2v) is 19.3. The van der Waals surface area contributed by atoms with Gasteiger partial charge < -0.3 is 68.4 Å². The molecule has 0 bridgehead atoms. The minimum Gasteiger partial charge on any atom is -0.494 e. The summed E-state index contributed by atoms with van der Waals surface area (Å²) in [5, 5.41) is 64.2. The number of likely N-dealkylation sites (N-methyl/N-ethyl adjacent to an activating group) is 1. The highest BCUT2D eigenvalue weighted by molar-refractivity contribution is 5.88. The average molecular weight is 897 g/mol. The van der Waals surface area contributed by atoms with Gasteiger partial charge in [-0.2, -0.15) is 0 Å². The SMILES string of the molecule is CC[C@@H]1OC(=O)[C@H](C)[C@@H](O[C@H]2C[C@@](C)(OC)[C@@H](O)[C@H](C)O2)[C@H](C)[C@@H](O[C@@H]2O[C@H](C)C[C@H](N(C)C)[C@H]2O)[C@@](C)(O)C[C@@H](C)/C(=N/OCCCCOc2ccccc2)[C@@H](C)[C@@H](O)[C@]1(C)O. The number of methoxy groups -OCH3 is 1. The van der Waals surface area contributed by atoms with Crippen LogP contribution in [0.4, 0.5) is 0 Å². The number of esters is 1. The van der Waals surface area contributed by atoms with Crippen molar-refractivity contribution in [1.29, 1.82) is 0 Å². The summed E-state index contributed by atoms with van der Waals surface area (Å²) in [6.07, 6.45) is -8.06. The zero-order chi connectivity index (χ0) is 47.0. The fourth-order valence-electron chi connectivity index (χ4n) is 9.69. The van der Waals surface area contributed by atoms with Crippen molar-refractivity contribution in [3.05, 3.63) is 30.3 Å². The monoisotopic (exact) mass is 897 g/mol. The van der Waals surface area contributed by atoms with E-state index in [0.717, 1.165) is 5.75 Å². The molecule has 3 saturated heterocycles. The van der Waals surface area contributed by atoms with E-state index in [4.69, 9.17) is 38.0 Å². The Balaban J connectivity index is 1.77. The number of nitrogens with zero attached hydrogens (tertiary/aromatic N) is 2. The van der Waals surface area contributed by atoms with E-state index in [9.17, 15) is 30.3 Å². The van der Waals surface area contributed by atoms with Gasteiger partial charge in [0.2, 0.25) is 0 Å². The Hall–Kier alpha value is -2.48. The molecule has 0 saturated carbocycles.